The maximum absolute atomic E-state index is 10.8. The summed E-state index contributed by atoms with van der Waals surface area (Å²) in [5, 5.41) is 0.0254. The summed E-state index contributed by atoms with van der Waals surface area (Å²) in [7, 11) is 0. The summed E-state index contributed by atoms with van der Waals surface area (Å²) < 4.78 is 0. The zero-order valence-corrected chi connectivity index (χ0v) is 10.4. The molecule has 0 atom stereocenters. The molecule has 0 unspecified atom stereocenters. The summed E-state index contributed by atoms with van der Waals surface area (Å²) in [5.74, 6) is 2.81. The summed E-state index contributed by atoms with van der Waals surface area (Å²) in [4.78, 5) is 21.7. The number of thioether (sulfide) groups is 2. The van der Waals surface area contributed by atoms with Crippen LogP contribution in [0.5, 0.6) is 0 Å². The predicted molar refractivity (Wildman–Crippen MR) is 69.4 cm³/mol. The van der Waals surface area contributed by atoms with E-state index in [1.54, 1.807) is 11.8 Å². The van der Waals surface area contributed by atoms with Crippen LogP contribution < -0.4 is 0 Å². The van der Waals surface area contributed by atoms with Gasteiger partial charge in [0.25, 0.3) is 0 Å². The lowest BCUT2D eigenvalue weighted by Crippen LogP contribution is -1.95. The summed E-state index contributed by atoms with van der Waals surface area (Å²) in [6, 6.07) is 0. The molecule has 0 N–H and O–H groups in total. The normalized spacial score (nSPS) is 9.60. The Morgan fingerprint density at radius 1 is 1.07 bits per heavy atom. The zero-order valence-electron chi connectivity index (χ0n) is 8.74. The highest BCUT2D eigenvalue weighted by Gasteiger charge is 1.98. The fourth-order valence-corrected chi connectivity index (χ4v) is 2.49. The van der Waals surface area contributed by atoms with Gasteiger partial charge < -0.3 is 0 Å². The molecule has 2 nitrogen and oxygen atoms in total. The Kier molecular flexibility index (Phi) is 9.73. The van der Waals surface area contributed by atoms with Crippen LogP contribution >= 0.6 is 23.5 Å². The van der Waals surface area contributed by atoms with Gasteiger partial charge in [0.15, 0.2) is 5.78 Å². The molecular weight excluding hydrogens is 228 g/mol. The minimum atomic E-state index is 0.0254. The lowest BCUT2D eigenvalue weighted by atomic mass is 10.2. The van der Waals surface area contributed by atoms with Gasteiger partial charge >= 0.3 is 0 Å². The number of carbonyl (C=O) groups excluding carboxylic acids is 2. The number of ketones is 1. The molecule has 0 bridgehead atoms. The van der Waals surface area contributed by atoms with E-state index in [9.17, 15) is 9.59 Å². The van der Waals surface area contributed by atoms with E-state index in [-0.39, 0.29) is 10.9 Å². The molecule has 15 heavy (non-hydrogen) atoms. The van der Waals surface area contributed by atoms with Crippen molar-refractivity contribution in [3.05, 3.63) is 25.3 Å². The van der Waals surface area contributed by atoms with Crippen LogP contribution in [0, 0.1) is 0 Å². The molecule has 0 heterocycles. The van der Waals surface area contributed by atoms with E-state index < -0.39 is 0 Å². The molecule has 0 saturated heterocycles. The molecule has 0 aromatic rings. The topological polar surface area (TPSA) is 34.1 Å². The standard InChI is InChI=1S/C11H16O2S2/c1-3-10(12)6-5-7-14-8-9-15-11(13)4-2/h3-4H,1-2,5-9H2. The van der Waals surface area contributed by atoms with Crippen molar-refractivity contribution >= 4 is 34.4 Å². The van der Waals surface area contributed by atoms with E-state index in [4.69, 9.17) is 0 Å². The molecule has 4 heteroatoms. The monoisotopic (exact) mass is 244 g/mol. The molecule has 0 fully saturated rings. The van der Waals surface area contributed by atoms with Crippen molar-refractivity contribution < 1.29 is 9.59 Å². The Hall–Kier alpha value is -0.480. The van der Waals surface area contributed by atoms with Gasteiger partial charge in [-0.25, -0.2) is 0 Å². The number of rotatable bonds is 9. The second-order valence-electron chi connectivity index (χ2n) is 2.76. The molecule has 0 saturated carbocycles. The minimum absolute atomic E-state index is 0.0254. The van der Waals surface area contributed by atoms with Crippen molar-refractivity contribution in [2.24, 2.45) is 0 Å². The molecule has 0 aromatic heterocycles. The van der Waals surface area contributed by atoms with E-state index >= 15 is 0 Å². The first-order valence-electron chi connectivity index (χ1n) is 4.73. The van der Waals surface area contributed by atoms with Gasteiger partial charge in [-0.1, -0.05) is 24.9 Å². The van der Waals surface area contributed by atoms with Gasteiger partial charge in [-0.05, 0) is 24.3 Å². The third kappa shape index (κ3) is 9.82. The lowest BCUT2D eigenvalue weighted by molar-refractivity contribution is -0.114. The van der Waals surface area contributed by atoms with Crippen molar-refractivity contribution in [1.82, 2.24) is 0 Å². The first-order valence-corrected chi connectivity index (χ1v) is 6.87. The van der Waals surface area contributed by atoms with Gasteiger partial charge in [-0.2, -0.15) is 11.8 Å². The van der Waals surface area contributed by atoms with Gasteiger partial charge in [0.1, 0.15) is 0 Å². The average Bonchev–Trinajstić information content (AvgIpc) is 2.26. The van der Waals surface area contributed by atoms with Crippen LogP contribution in [0.2, 0.25) is 0 Å². The van der Waals surface area contributed by atoms with Crippen LogP contribution in [0.3, 0.4) is 0 Å². The first kappa shape index (κ1) is 14.5. The van der Waals surface area contributed by atoms with Gasteiger partial charge in [-0.15, -0.1) is 0 Å². The first-order chi connectivity index (χ1) is 7.20. The second kappa shape index (κ2) is 10.1. The van der Waals surface area contributed by atoms with Crippen molar-refractivity contribution in [3.63, 3.8) is 0 Å². The molecule has 0 aliphatic heterocycles. The highest BCUT2D eigenvalue weighted by Crippen LogP contribution is 2.10. The molecule has 0 rings (SSSR count). The Bertz CT molecular complexity index is 213. The van der Waals surface area contributed by atoms with Crippen molar-refractivity contribution in [2.45, 2.75) is 12.8 Å². The molecule has 0 aromatic carbocycles. The van der Waals surface area contributed by atoms with Crippen molar-refractivity contribution in [1.29, 1.82) is 0 Å². The second-order valence-corrected chi connectivity index (χ2v) is 5.08. The van der Waals surface area contributed by atoms with Crippen LogP contribution in [0.4, 0.5) is 0 Å². The van der Waals surface area contributed by atoms with E-state index in [1.807, 2.05) is 0 Å². The van der Waals surface area contributed by atoms with Gasteiger partial charge in [-0.3, -0.25) is 9.59 Å². The summed E-state index contributed by atoms with van der Waals surface area (Å²) in [5.41, 5.74) is 0. The summed E-state index contributed by atoms with van der Waals surface area (Å²) in [6.07, 6.45) is 4.16. The molecule has 84 valence electrons. The predicted octanol–water partition coefficient (Wildman–Crippen LogP) is 2.70. The molecule has 0 aliphatic rings. The number of allylic oxidation sites excluding steroid dienone is 1. The van der Waals surface area contributed by atoms with Gasteiger partial charge in [0.2, 0.25) is 5.12 Å². The minimum Gasteiger partial charge on any atom is -0.295 e. The molecule has 0 aliphatic carbocycles. The Morgan fingerprint density at radius 3 is 2.40 bits per heavy atom. The van der Waals surface area contributed by atoms with Crippen LogP contribution in [0.1, 0.15) is 12.8 Å². The van der Waals surface area contributed by atoms with Gasteiger partial charge in [0.05, 0.1) is 0 Å². The highest BCUT2D eigenvalue weighted by atomic mass is 32.2. The quantitative estimate of drug-likeness (QED) is 0.461. The number of carbonyl (C=O) groups is 2. The Morgan fingerprint density at radius 2 is 1.80 bits per heavy atom. The van der Waals surface area contributed by atoms with Crippen LogP contribution in [-0.2, 0) is 9.59 Å². The molecule has 0 spiro atoms. The van der Waals surface area contributed by atoms with Crippen LogP contribution in [0.25, 0.3) is 0 Å². The fourth-order valence-electron chi connectivity index (χ4n) is 0.813. The van der Waals surface area contributed by atoms with E-state index in [0.717, 1.165) is 23.7 Å². The third-order valence-electron chi connectivity index (χ3n) is 1.58. The number of hydrogen-bond donors (Lipinski definition) is 0. The maximum atomic E-state index is 10.8. The third-order valence-corrected chi connectivity index (χ3v) is 3.77. The fraction of sp³-hybridized carbons (Fsp3) is 0.455. The number of hydrogen-bond acceptors (Lipinski definition) is 4. The Labute approximate surface area is 99.6 Å². The molecule has 0 amide bonds. The highest BCUT2D eigenvalue weighted by molar-refractivity contribution is 8.14. The van der Waals surface area contributed by atoms with E-state index in [1.165, 1.54) is 23.9 Å². The van der Waals surface area contributed by atoms with Gasteiger partial charge in [0, 0.05) is 17.9 Å². The average molecular weight is 244 g/mol. The maximum Gasteiger partial charge on any atom is 0.211 e. The molecular formula is C11H16O2S2. The van der Waals surface area contributed by atoms with Crippen molar-refractivity contribution in [2.75, 3.05) is 17.3 Å². The summed E-state index contributed by atoms with van der Waals surface area (Å²) in [6.45, 7) is 6.80. The van der Waals surface area contributed by atoms with Crippen LogP contribution in [-0.4, -0.2) is 28.2 Å². The largest absolute Gasteiger partial charge is 0.295 e. The van der Waals surface area contributed by atoms with E-state index in [2.05, 4.69) is 13.2 Å². The van der Waals surface area contributed by atoms with Crippen LogP contribution in [0.15, 0.2) is 25.3 Å². The summed E-state index contributed by atoms with van der Waals surface area (Å²) >= 11 is 3.05. The molecule has 0 radical (unpaired) electrons. The lowest BCUT2D eigenvalue weighted by Gasteiger charge is -1.99. The Balaban J connectivity index is 3.18. The SMILES string of the molecule is C=CC(=O)CCCSCCSC(=O)C=C. The zero-order chi connectivity index (χ0) is 11.5. The smallest absolute Gasteiger partial charge is 0.211 e. The van der Waals surface area contributed by atoms with E-state index in [0.29, 0.717) is 6.42 Å². The van der Waals surface area contributed by atoms with Crippen molar-refractivity contribution in [3.8, 4) is 0 Å².